The van der Waals surface area contributed by atoms with E-state index in [9.17, 15) is 9.59 Å². The van der Waals surface area contributed by atoms with Gasteiger partial charge in [0.1, 0.15) is 11.5 Å². The SMILES string of the molecule is COC(=O)c1ccc(/C=C2/N=C(c3ccc(Cl)cc3)N(c3cccc(C)c3)C2=O)cc1. The number of ether oxygens (including phenoxy) is 1. The Labute approximate surface area is 185 Å². The molecule has 5 nitrogen and oxygen atoms in total. The number of aliphatic imine (C=N–C) groups is 1. The molecule has 0 atom stereocenters. The minimum absolute atomic E-state index is 0.229. The second-order valence-electron chi connectivity index (χ2n) is 7.07. The number of nitrogens with zero attached hydrogens (tertiary/aromatic N) is 2. The maximum Gasteiger partial charge on any atom is 0.337 e. The molecule has 0 saturated heterocycles. The lowest BCUT2D eigenvalue weighted by Gasteiger charge is -2.19. The minimum Gasteiger partial charge on any atom is -0.465 e. The van der Waals surface area contributed by atoms with Crippen molar-refractivity contribution in [2.24, 2.45) is 4.99 Å². The summed E-state index contributed by atoms with van der Waals surface area (Å²) < 4.78 is 4.72. The van der Waals surface area contributed by atoms with Crippen LogP contribution < -0.4 is 4.90 Å². The van der Waals surface area contributed by atoms with Crippen LogP contribution in [0.1, 0.15) is 27.0 Å². The van der Waals surface area contributed by atoms with Crippen molar-refractivity contribution in [1.82, 2.24) is 0 Å². The fourth-order valence-electron chi connectivity index (χ4n) is 3.31. The number of anilines is 1. The Hall–Kier alpha value is -3.70. The van der Waals surface area contributed by atoms with E-state index in [1.807, 2.05) is 43.3 Å². The number of hydrogen-bond acceptors (Lipinski definition) is 4. The summed E-state index contributed by atoms with van der Waals surface area (Å²) in [7, 11) is 1.34. The molecule has 1 amide bonds. The van der Waals surface area contributed by atoms with E-state index >= 15 is 0 Å². The third-order valence-electron chi connectivity index (χ3n) is 4.86. The van der Waals surface area contributed by atoms with Crippen LogP contribution in [0, 0.1) is 6.92 Å². The van der Waals surface area contributed by atoms with Crippen LogP contribution in [0.2, 0.25) is 5.02 Å². The normalized spacial score (nSPS) is 14.7. The average Bonchev–Trinajstić information content (AvgIpc) is 3.10. The van der Waals surface area contributed by atoms with Gasteiger partial charge in [0.15, 0.2) is 0 Å². The topological polar surface area (TPSA) is 59.0 Å². The Morgan fingerprint density at radius 3 is 2.39 bits per heavy atom. The molecule has 0 radical (unpaired) electrons. The summed E-state index contributed by atoms with van der Waals surface area (Å²) in [6.45, 7) is 1.97. The largest absolute Gasteiger partial charge is 0.465 e. The first-order chi connectivity index (χ1) is 15.0. The summed E-state index contributed by atoms with van der Waals surface area (Å²) in [4.78, 5) is 31.2. The highest BCUT2D eigenvalue weighted by molar-refractivity contribution is 6.34. The molecule has 3 aromatic rings. The fraction of sp³-hybridized carbons (Fsp3) is 0.0800. The second kappa shape index (κ2) is 8.58. The molecule has 154 valence electrons. The van der Waals surface area contributed by atoms with Gasteiger partial charge in [-0.05, 0) is 72.7 Å². The first kappa shape index (κ1) is 20.6. The van der Waals surface area contributed by atoms with Crippen LogP contribution in [0.4, 0.5) is 5.69 Å². The zero-order valence-corrected chi connectivity index (χ0v) is 17.8. The maximum atomic E-state index is 13.3. The predicted molar refractivity (Wildman–Crippen MR) is 122 cm³/mol. The molecule has 4 rings (SSSR count). The third kappa shape index (κ3) is 4.27. The molecule has 0 bridgehead atoms. The number of benzene rings is 3. The van der Waals surface area contributed by atoms with Gasteiger partial charge >= 0.3 is 5.97 Å². The summed E-state index contributed by atoms with van der Waals surface area (Å²) in [6, 6.07) is 21.7. The van der Waals surface area contributed by atoms with Crippen LogP contribution in [-0.4, -0.2) is 24.8 Å². The van der Waals surface area contributed by atoms with Crippen LogP contribution in [-0.2, 0) is 9.53 Å². The van der Waals surface area contributed by atoms with Crippen LogP contribution in [0.15, 0.2) is 83.5 Å². The van der Waals surface area contributed by atoms with Gasteiger partial charge in [-0.15, -0.1) is 0 Å². The van der Waals surface area contributed by atoms with Gasteiger partial charge < -0.3 is 4.74 Å². The van der Waals surface area contributed by atoms with E-state index in [2.05, 4.69) is 4.99 Å². The summed E-state index contributed by atoms with van der Waals surface area (Å²) in [5, 5.41) is 0.609. The van der Waals surface area contributed by atoms with Crippen molar-refractivity contribution in [3.8, 4) is 0 Å². The van der Waals surface area contributed by atoms with Crippen LogP contribution in [0.5, 0.6) is 0 Å². The number of aryl methyl sites for hydroxylation is 1. The number of rotatable bonds is 4. The van der Waals surface area contributed by atoms with Gasteiger partial charge in [0.25, 0.3) is 5.91 Å². The van der Waals surface area contributed by atoms with Gasteiger partial charge in [-0.1, -0.05) is 35.9 Å². The number of hydrogen-bond donors (Lipinski definition) is 0. The zero-order chi connectivity index (χ0) is 22.0. The number of esters is 1. The Morgan fingerprint density at radius 1 is 1.03 bits per heavy atom. The summed E-state index contributed by atoms with van der Waals surface area (Å²) >= 11 is 6.04. The number of halogens is 1. The molecule has 0 aromatic heterocycles. The Kier molecular flexibility index (Phi) is 5.69. The van der Waals surface area contributed by atoms with Crippen molar-refractivity contribution in [3.63, 3.8) is 0 Å². The standard InChI is InChI=1S/C25H19ClN2O3/c1-16-4-3-5-21(14-16)28-23(18-10-12-20(26)13-11-18)27-22(24(28)29)15-17-6-8-19(9-7-17)25(30)31-2/h3-15H,1-2H3/b22-15+. The van der Waals surface area contributed by atoms with Gasteiger partial charge in [0.05, 0.1) is 18.4 Å². The third-order valence-corrected chi connectivity index (χ3v) is 5.11. The molecular weight excluding hydrogens is 412 g/mol. The average molecular weight is 431 g/mol. The first-order valence-corrected chi connectivity index (χ1v) is 10.00. The van der Waals surface area contributed by atoms with E-state index in [0.717, 1.165) is 22.4 Å². The van der Waals surface area contributed by atoms with E-state index < -0.39 is 5.97 Å². The highest BCUT2D eigenvalue weighted by Crippen LogP contribution is 2.29. The van der Waals surface area contributed by atoms with Crippen LogP contribution >= 0.6 is 11.6 Å². The van der Waals surface area contributed by atoms with Gasteiger partial charge in [-0.25, -0.2) is 9.79 Å². The second-order valence-corrected chi connectivity index (χ2v) is 7.50. The van der Waals surface area contributed by atoms with E-state index in [0.29, 0.717) is 22.1 Å². The molecule has 0 unspecified atom stereocenters. The molecule has 1 aliphatic heterocycles. The molecule has 1 heterocycles. The lowest BCUT2D eigenvalue weighted by atomic mass is 10.1. The lowest BCUT2D eigenvalue weighted by molar-refractivity contribution is -0.113. The van der Waals surface area contributed by atoms with Crippen molar-refractivity contribution in [2.75, 3.05) is 12.0 Å². The molecular formula is C25H19ClN2O3. The van der Waals surface area contributed by atoms with Crippen molar-refractivity contribution in [2.45, 2.75) is 6.92 Å². The zero-order valence-electron chi connectivity index (χ0n) is 17.0. The maximum absolute atomic E-state index is 13.3. The molecule has 0 fully saturated rings. The number of methoxy groups -OCH3 is 1. The van der Waals surface area contributed by atoms with E-state index in [1.54, 1.807) is 47.4 Å². The quantitative estimate of drug-likeness (QED) is 0.418. The molecule has 0 N–H and O–H groups in total. The molecule has 0 aliphatic carbocycles. The Balaban J connectivity index is 1.76. The van der Waals surface area contributed by atoms with Crippen molar-refractivity contribution in [3.05, 3.63) is 106 Å². The number of amidine groups is 1. The highest BCUT2D eigenvalue weighted by Gasteiger charge is 2.32. The van der Waals surface area contributed by atoms with E-state index in [1.165, 1.54) is 7.11 Å². The molecule has 0 spiro atoms. The number of carbonyl (C=O) groups is 2. The number of amides is 1. The summed E-state index contributed by atoms with van der Waals surface area (Å²) in [6.07, 6.45) is 1.70. The highest BCUT2D eigenvalue weighted by atomic mass is 35.5. The summed E-state index contributed by atoms with van der Waals surface area (Å²) in [5.41, 5.74) is 4.05. The van der Waals surface area contributed by atoms with E-state index in [-0.39, 0.29) is 5.91 Å². The van der Waals surface area contributed by atoms with Gasteiger partial charge in [0, 0.05) is 10.6 Å². The molecule has 0 saturated carbocycles. The molecule has 31 heavy (non-hydrogen) atoms. The summed E-state index contributed by atoms with van der Waals surface area (Å²) in [5.74, 6) is -0.109. The predicted octanol–water partition coefficient (Wildman–Crippen LogP) is 5.27. The Bertz CT molecular complexity index is 1210. The first-order valence-electron chi connectivity index (χ1n) is 9.62. The van der Waals surface area contributed by atoms with Gasteiger partial charge in [-0.3, -0.25) is 9.69 Å². The minimum atomic E-state index is -0.412. The monoisotopic (exact) mass is 430 g/mol. The fourth-order valence-corrected chi connectivity index (χ4v) is 3.43. The lowest BCUT2D eigenvalue weighted by Crippen LogP contribution is -2.32. The smallest absolute Gasteiger partial charge is 0.337 e. The van der Waals surface area contributed by atoms with Crippen molar-refractivity contribution in [1.29, 1.82) is 0 Å². The van der Waals surface area contributed by atoms with Crippen molar-refractivity contribution < 1.29 is 14.3 Å². The number of carbonyl (C=O) groups excluding carboxylic acids is 2. The molecule has 6 heteroatoms. The molecule has 1 aliphatic rings. The van der Waals surface area contributed by atoms with Crippen molar-refractivity contribution >= 4 is 41.1 Å². The van der Waals surface area contributed by atoms with E-state index in [4.69, 9.17) is 16.3 Å². The molecule has 3 aromatic carbocycles. The van der Waals surface area contributed by atoms with Crippen LogP contribution in [0.25, 0.3) is 6.08 Å². The van der Waals surface area contributed by atoms with Gasteiger partial charge in [-0.2, -0.15) is 0 Å². The van der Waals surface area contributed by atoms with Gasteiger partial charge in [0.2, 0.25) is 0 Å². The van der Waals surface area contributed by atoms with Crippen LogP contribution in [0.3, 0.4) is 0 Å². The Morgan fingerprint density at radius 2 is 1.74 bits per heavy atom.